The van der Waals surface area contributed by atoms with Crippen molar-refractivity contribution >= 4 is 50.6 Å². The van der Waals surface area contributed by atoms with Crippen molar-refractivity contribution in [2.75, 3.05) is 0 Å². The molecule has 6 rings (SSSR count). The van der Waals surface area contributed by atoms with E-state index >= 15 is 0 Å². The molecular formula is C32H22BrClN6O2. The maximum Gasteiger partial charge on any atom is 0.262 e. The predicted octanol–water partition coefficient (Wildman–Crippen LogP) is 6.48. The number of hydrogen-bond acceptors (Lipinski definition) is 5. The first kappa shape index (κ1) is 27.3. The smallest absolute Gasteiger partial charge is 0.262 e. The van der Waals surface area contributed by atoms with Gasteiger partial charge in [0.15, 0.2) is 0 Å². The van der Waals surface area contributed by atoms with E-state index in [1.807, 2.05) is 66.9 Å². The highest BCUT2D eigenvalue weighted by Gasteiger charge is 2.16. The maximum atomic E-state index is 13.4. The van der Waals surface area contributed by atoms with Crippen LogP contribution < -0.4 is 11.0 Å². The molecule has 0 radical (unpaired) electrons. The molecule has 0 saturated carbocycles. The zero-order chi connectivity index (χ0) is 29.1. The Bertz CT molecular complexity index is 1990. The normalized spacial score (nSPS) is 11.3. The van der Waals surface area contributed by atoms with Gasteiger partial charge in [0.05, 0.1) is 22.8 Å². The van der Waals surface area contributed by atoms with E-state index in [-0.39, 0.29) is 12.1 Å². The Morgan fingerprint density at radius 2 is 1.60 bits per heavy atom. The zero-order valence-corrected chi connectivity index (χ0v) is 24.3. The summed E-state index contributed by atoms with van der Waals surface area (Å²) in [6.07, 6.45) is 3.39. The molecule has 42 heavy (non-hydrogen) atoms. The SMILES string of the molecule is O=C(Cn1c(-c2ccc(Cl)cc2)nc2ccccc2c1=O)N/N=C\c1cn(-c2ccccc2)nc1-c1ccc(Br)cc1. The first-order valence-corrected chi connectivity index (χ1v) is 14.1. The van der Waals surface area contributed by atoms with E-state index in [2.05, 4.69) is 31.4 Å². The van der Waals surface area contributed by atoms with E-state index in [9.17, 15) is 9.59 Å². The maximum absolute atomic E-state index is 13.4. The van der Waals surface area contributed by atoms with Gasteiger partial charge in [-0.25, -0.2) is 15.1 Å². The third-order valence-electron chi connectivity index (χ3n) is 6.54. The first-order chi connectivity index (χ1) is 20.5. The number of nitrogens with zero attached hydrogens (tertiary/aromatic N) is 5. The van der Waals surface area contributed by atoms with Gasteiger partial charge in [-0.2, -0.15) is 10.2 Å². The topological polar surface area (TPSA) is 94.2 Å². The fraction of sp³-hybridized carbons (Fsp3) is 0.0312. The largest absolute Gasteiger partial charge is 0.283 e. The van der Waals surface area contributed by atoms with Crippen molar-refractivity contribution in [1.82, 2.24) is 24.8 Å². The van der Waals surface area contributed by atoms with Crippen LogP contribution >= 0.6 is 27.5 Å². The van der Waals surface area contributed by atoms with Crippen molar-refractivity contribution < 1.29 is 4.79 Å². The Morgan fingerprint density at radius 1 is 0.905 bits per heavy atom. The molecule has 206 valence electrons. The van der Waals surface area contributed by atoms with Crippen molar-refractivity contribution in [2.45, 2.75) is 6.54 Å². The van der Waals surface area contributed by atoms with Gasteiger partial charge in [-0.15, -0.1) is 0 Å². The third kappa shape index (κ3) is 5.79. The number of halogens is 2. The highest BCUT2D eigenvalue weighted by atomic mass is 79.9. The molecule has 0 aliphatic heterocycles. The molecule has 6 aromatic rings. The number of carbonyl (C=O) groups is 1. The molecule has 0 aliphatic rings. The van der Waals surface area contributed by atoms with Gasteiger partial charge in [0.25, 0.3) is 11.5 Å². The fourth-order valence-corrected chi connectivity index (χ4v) is 4.90. The number of para-hydroxylation sites is 2. The van der Waals surface area contributed by atoms with Gasteiger partial charge in [0.2, 0.25) is 0 Å². The standard InChI is InChI=1S/C32H22BrClN6O2/c33-24-14-10-21(11-15-24)30-23(19-40(38-30)26-6-2-1-3-7-26)18-35-37-29(41)20-39-31(22-12-16-25(34)17-13-22)36-28-9-5-4-8-27(28)32(39)42/h1-19H,20H2,(H,37,41)/b35-18-. The third-order valence-corrected chi connectivity index (χ3v) is 7.32. The molecular weight excluding hydrogens is 616 g/mol. The minimum Gasteiger partial charge on any atom is -0.283 e. The van der Waals surface area contributed by atoms with E-state index in [4.69, 9.17) is 16.7 Å². The van der Waals surface area contributed by atoms with Crippen LogP contribution in [-0.4, -0.2) is 31.5 Å². The van der Waals surface area contributed by atoms with Crippen LogP contribution in [-0.2, 0) is 11.3 Å². The van der Waals surface area contributed by atoms with Crippen LogP contribution in [0.15, 0.2) is 124 Å². The van der Waals surface area contributed by atoms with Gasteiger partial charge in [-0.1, -0.05) is 70.0 Å². The number of aromatic nitrogens is 4. The number of benzene rings is 4. The molecule has 2 heterocycles. The molecule has 0 bridgehead atoms. The summed E-state index contributed by atoms with van der Waals surface area (Å²) >= 11 is 9.54. The van der Waals surface area contributed by atoms with Gasteiger partial charge in [-0.05, 0) is 60.7 Å². The van der Waals surface area contributed by atoms with Crippen LogP contribution in [0.25, 0.3) is 39.2 Å². The first-order valence-electron chi connectivity index (χ1n) is 12.9. The molecule has 0 spiro atoms. The molecule has 0 unspecified atom stereocenters. The van der Waals surface area contributed by atoms with Crippen molar-refractivity contribution in [3.63, 3.8) is 0 Å². The number of hydrogen-bond donors (Lipinski definition) is 1. The van der Waals surface area contributed by atoms with Crippen LogP contribution in [0.2, 0.25) is 5.02 Å². The second-order valence-electron chi connectivity index (χ2n) is 9.36. The lowest BCUT2D eigenvalue weighted by atomic mass is 10.1. The number of rotatable bonds is 7. The van der Waals surface area contributed by atoms with Crippen molar-refractivity contribution in [2.24, 2.45) is 5.10 Å². The Labute approximate surface area is 254 Å². The van der Waals surface area contributed by atoms with Gasteiger partial charge in [-0.3, -0.25) is 14.2 Å². The molecule has 10 heteroatoms. The summed E-state index contributed by atoms with van der Waals surface area (Å²) in [4.78, 5) is 31.2. The van der Waals surface area contributed by atoms with Gasteiger partial charge in [0, 0.05) is 32.4 Å². The van der Waals surface area contributed by atoms with E-state index < -0.39 is 5.91 Å². The lowest BCUT2D eigenvalue weighted by Crippen LogP contribution is -2.31. The van der Waals surface area contributed by atoms with E-state index in [1.165, 1.54) is 4.57 Å². The minimum atomic E-state index is -0.485. The summed E-state index contributed by atoms with van der Waals surface area (Å²) in [5, 5.41) is 9.96. The molecule has 0 atom stereocenters. The predicted molar refractivity (Wildman–Crippen MR) is 169 cm³/mol. The van der Waals surface area contributed by atoms with Crippen LogP contribution in [0, 0.1) is 0 Å². The summed E-state index contributed by atoms with van der Waals surface area (Å²) in [6, 6.07) is 31.5. The fourth-order valence-electron chi connectivity index (χ4n) is 4.51. The number of amides is 1. The molecule has 4 aromatic carbocycles. The summed E-state index contributed by atoms with van der Waals surface area (Å²) in [5.74, 6) is -0.127. The summed E-state index contributed by atoms with van der Waals surface area (Å²) in [6.45, 7) is -0.283. The van der Waals surface area contributed by atoms with Gasteiger partial charge < -0.3 is 0 Å². The van der Waals surface area contributed by atoms with Gasteiger partial charge >= 0.3 is 0 Å². The van der Waals surface area contributed by atoms with Crippen molar-refractivity contribution in [3.8, 4) is 28.3 Å². The van der Waals surface area contributed by atoms with E-state index in [1.54, 1.807) is 53.4 Å². The number of nitrogens with one attached hydrogen (secondary N) is 1. The lowest BCUT2D eigenvalue weighted by Gasteiger charge is -2.13. The Balaban J connectivity index is 1.30. The van der Waals surface area contributed by atoms with Crippen molar-refractivity contribution in [1.29, 1.82) is 0 Å². The molecule has 0 aliphatic carbocycles. The van der Waals surface area contributed by atoms with Gasteiger partial charge in [0.1, 0.15) is 18.1 Å². The average Bonchev–Trinajstić information content (AvgIpc) is 3.44. The average molecular weight is 638 g/mol. The number of fused-ring (bicyclic) bond motifs is 1. The Hall–Kier alpha value is -4.86. The minimum absolute atomic E-state index is 0.283. The molecule has 1 N–H and O–H groups in total. The number of hydrazone groups is 1. The Kier molecular flexibility index (Phi) is 7.76. The van der Waals surface area contributed by atoms with E-state index in [0.717, 1.165) is 15.7 Å². The molecule has 2 aromatic heterocycles. The van der Waals surface area contributed by atoms with E-state index in [0.29, 0.717) is 38.6 Å². The quantitative estimate of drug-likeness (QED) is 0.160. The monoisotopic (exact) mass is 636 g/mol. The van der Waals surface area contributed by atoms with Crippen molar-refractivity contribution in [3.05, 3.63) is 135 Å². The molecule has 0 saturated heterocycles. The van der Waals surface area contributed by atoms with Crippen LogP contribution in [0.1, 0.15) is 5.56 Å². The summed E-state index contributed by atoms with van der Waals surface area (Å²) < 4.78 is 4.06. The molecule has 1 amide bonds. The summed E-state index contributed by atoms with van der Waals surface area (Å²) in [7, 11) is 0. The molecule has 0 fully saturated rings. The highest BCUT2D eigenvalue weighted by Crippen LogP contribution is 2.25. The highest BCUT2D eigenvalue weighted by molar-refractivity contribution is 9.10. The molecule has 8 nitrogen and oxygen atoms in total. The van der Waals surface area contributed by atoms with Crippen LogP contribution in [0.4, 0.5) is 0 Å². The number of carbonyl (C=O) groups excluding carboxylic acids is 1. The second kappa shape index (κ2) is 11.9. The second-order valence-corrected chi connectivity index (χ2v) is 10.7. The van der Waals surface area contributed by atoms with Crippen LogP contribution in [0.5, 0.6) is 0 Å². The van der Waals surface area contributed by atoms with Crippen LogP contribution in [0.3, 0.4) is 0 Å². The Morgan fingerprint density at radius 3 is 2.36 bits per heavy atom. The summed E-state index contributed by atoms with van der Waals surface area (Å²) in [5.41, 5.74) is 6.61. The zero-order valence-electron chi connectivity index (χ0n) is 22.0. The lowest BCUT2D eigenvalue weighted by molar-refractivity contribution is -0.121.